The molecule has 3 heterocycles. The number of nitrogens with zero attached hydrogens (tertiary/aromatic N) is 2. The lowest BCUT2D eigenvalue weighted by atomic mass is 10.2. The summed E-state index contributed by atoms with van der Waals surface area (Å²) in [6.45, 7) is 1.39. The number of ether oxygens (including phenoxy) is 1. The second kappa shape index (κ2) is 8.73. The molecule has 4 rings (SSSR count). The number of thiazole rings is 1. The van der Waals surface area contributed by atoms with E-state index in [0.717, 1.165) is 27.8 Å². The monoisotopic (exact) mass is 498 g/mol. The van der Waals surface area contributed by atoms with Gasteiger partial charge in [0.05, 0.1) is 6.10 Å². The van der Waals surface area contributed by atoms with Crippen LogP contribution in [0.3, 0.4) is 0 Å². The van der Waals surface area contributed by atoms with Crippen molar-refractivity contribution in [3.05, 3.63) is 56.5 Å². The Morgan fingerprint density at radius 1 is 1.21 bits per heavy atom. The molecule has 1 saturated heterocycles. The van der Waals surface area contributed by atoms with E-state index in [0.29, 0.717) is 24.7 Å². The molecule has 1 unspecified atom stereocenters. The van der Waals surface area contributed by atoms with Gasteiger partial charge in [-0.05, 0) is 36.4 Å². The number of halogens is 1. The van der Waals surface area contributed by atoms with Crippen molar-refractivity contribution < 1.29 is 13.2 Å². The van der Waals surface area contributed by atoms with Gasteiger partial charge in [-0.25, -0.2) is 13.4 Å². The number of rotatable bonds is 7. The molecule has 1 fully saturated rings. The predicted octanol–water partition coefficient (Wildman–Crippen LogP) is 5.00. The Bertz CT molecular complexity index is 1010. The number of aromatic nitrogens is 1. The quantitative estimate of drug-likeness (QED) is 0.459. The third-order valence-corrected chi connectivity index (χ3v) is 8.65. The Labute approximate surface area is 181 Å². The van der Waals surface area contributed by atoms with E-state index in [1.54, 1.807) is 16.7 Å². The molecule has 0 bridgehead atoms. The van der Waals surface area contributed by atoms with E-state index in [1.807, 2.05) is 41.8 Å². The zero-order chi connectivity index (χ0) is 19.6. The van der Waals surface area contributed by atoms with E-state index >= 15 is 0 Å². The molecule has 28 heavy (non-hydrogen) atoms. The van der Waals surface area contributed by atoms with Gasteiger partial charge < -0.3 is 4.74 Å². The maximum absolute atomic E-state index is 13.4. The summed E-state index contributed by atoms with van der Waals surface area (Å²) in [6, 6.07) is 11.6. The topological polar surface area (TPSA) is 59.5 Å². The van der Waals surface area contributed by atoms with Crippen LogP contribution in [0, 0.1) is 0 Å². The summed E-state index contributed by atoms with van der Waals surface area (Å²) in [5.74, 6) is 0. The highest BCUT2D eigenvalue weighted by Crippen LogP contribution is 2.29. The van der Waals surface area contributed by atoms with E-state index < -0.39 is 10.0 Å². The normalized spacial score (nSPS) is 17.4. The van der Waals surface area contributed by atoms with E-state index in [4.69, 9.17) is 4.74 Å². The summed E-state index contributed by atoms with van der Waals surface area (Å²) in [6.07, 6.45) is 1.80. The van der Waals surface area contributed by atoms with Crippen molar-refractivity contribution >= 4 is 48.6 Å². The summed E-state index contributed by atoms with van der Waals surface area (Å²) >= 11 is 6.31. The first-order valence-corrected chi connectivity index (χ1v) is 12.9. The molecule has 0 spiro atoms. The van der Waals surface area contributed by atoms with Gasteiger partial charge in [-0.1, -0.05) is 34.1 Å². The zero-order valence-corrected chi connectivity index (χ0v) is 19.0. The van der Waals surface area contributed by atoms with Crippen molar-refractivity contribution in [3.8, 4) is 10.6 Å². The lowest BCUT2D eigenvalue weighted by molar-refractivity contribution is 0.0927. The first kappa shape index (κ1) is 20.2. The predicted molar refractivity (Wildman–Crippen MR) is 116 cm³/mol. The fourth-order valence-electron chi connectivity index (χ4n) is 3.07. The van der Waals surface area contributed by atoms with Gasteiger partial charge in [0.15, 0.2) is 5.03 Å². The number of thiophene rings is 1. The second-order valence-corrected chi connectivity index (χ2v) is 11.2. The van der Waals surface area contributed by atoms with Crippen LogP contribution in [0.5, 0.6) is 0 Å². The minimum Gasteiger partial charge on any atom is -0.377 e. The van der Waals surface area contributed by atoms with Crippen LogP contribution in [-0.4, -0.2) is 37.0 Å². The number of hydrogen-bond acceptors (Lipinski definition) is 6. The first-order chi connectivity index (χ1) is 13.5. The van der Waals surface area contributed by atoms with Gasteiger partial charge in [-0.2, -0.15) is 4.31 Å². The fourth-order valence-corrected chi connectivity index (χ4v) is 6.66. The van der Waals surface area contributed by atoms with E-state index in [1.165, 1.54) is 15.6 Å². The maximum Gasteiger partial charge on any atom is 0.261 e. The van der Waals surface area contributed by atoms with Gasteiger partial charge in [0.2, 0.25) is 0 Å². The number of sulfonamides is 1. The molecular formula is C19H19BrN2O3S3. The molecule has 148 valence electrons. The van der Waals surface area contributed by atoms with Crippen LogP contribution in [0.15, 0.2) is 56.7 Å². The van der Waals surface area contributed by atoms with Gasteiger partial charge in [-0.3, -0.25) is 0 Å². The van der Waals surface area contributed by atoms with Gasteiger partial charge in [0, 0.05) is 40.0 Å². The Hall–Kier alpha value is -1.10. The summed E-state index contributed by atoms with van der Waals surface area (Å²) in [4.78, 5) is 5.45. The maximum atomic E-state index is 13.4. The molecule has 5 nitrogen and oxygen atoms in total. The van der Waals surface area contributed by atoms with Crippen molar-refractivity contribution in [2.45, 2.75) is 30.5 Å². The largest absolute Gasteiger partial charge is 0.377 e. The van der Waals surface area contributed by atoms with Gasteiger partial charge in [0.1, 0.15) is 5.01 Å². The van der Waals surface area contributed by atoms with Gasteiger partial charge >= 0.3 is 0 Å². The van der Waals surface area contributed by atoms with Crippen molar-refractivity contribution in [2.75, 3.05) is 13.2 Å². The Morgan fingerprint density at radius 3 is 2.71 bits per heavy atom. The van der Waals surface area contributed by atoms with Crippen LogP contribution in [0.2, 0.25) is 0 Å². The third-order valence-electron chi connectivity index (χ3n) is 4.52. The molecule has 0 aliphatic carbocycles. The molecule has 0 N–H and O–H groups in total. The van der Waals surface area contributed by atoms with Crippen molar-refractivity contribution in [1.82, 2.24) is 9.29 Å². The van der Waals surface area contributed by atoms with Crippen LogP contribution in [0.1, 0.15) is 17.7 Å². The van der Waals surface area contributed by atoms with Crippen molar-refractivity contribution in [1.29, 1.82) is 0 Å². The van der Waals surface area contributed by atoms with Crippen molar-refractivity contribution in [3.63, 3.8) is 0 Å². The minimum atomic E-state index is -3.71. The summed E-state index contributed by atoms with van der Waals surface area (Å²) in [5, 5.41) is 4.38. The number of benzene rings is 1. The SMILES string of the molecule is O=S(=O)(c1csc(-c2ccc(Br)cc2)n1)N(Cc1cccs1)CC1CCCO1. The highest BCUT2D eigenvalue weighted by atomic mass is 79.9. The summed E-state index contributed by atoms with van der Waals surface area (Å²) < 4.78 is 34.9. The van der Waals surface area contributed by atoms with E-state index in [9.17, 15) is 8.42 Å². The molecule has 2 aromatic heterocycles. The molecule has 0 amide bonds. The van der Waals surface area contributed by atoms with E-state index in [-0.39, 0.29) is 11.1 Å². The second-order valence-electron chi connectivity index (χ2n) is 6.51. The molecule has 3 aromatic rings. The molecule has 1 aliphatic heterocycles. The molecule has 0 saturated carbocycles. The smallest absolute Gasteiger partial charge is 0.261 e. The highest BCUT2D eigenvalue weighted by Gasteiger charge is 2.31. The Balaban J connectivity index is 1.61. The molecule has 1 atom stereocenters. The van der Waals surface area contributed by atoms with E-state index in [2.05, 4.69) is 20.9 Å². The van der Waals surface area contributed by atoms with Crippen LogP contribution in [-0.2, 0) is 21.3 Å². The van der Waals surface area contributed by atoms with Crippen LogP contribution >= 0.6 is 38.6 Å². The van der Waals surface area contributed by atoms with Crippen molar-refractivity contribution in [2.24, 2.45) is 0 Å². The average molecular weight is 499 g/mol. The van der Waals surface area contributed by atoms with Gasteiger partial charge in [0.25, 0.3) is 10.0 Å². The summed E-state index contributed by atoms with van der Waals surface area (Å²) in [7, 11) is -3.71. The Kier molecular flexibility index (Phi) is 6.29. The fraction of sp³-hybridized carbons (Fsp3) is 0.316. The number of hydrogen-bond donors (Lipinski definition) is 0. The lowest BCUT2D eigenvalue weighted by Crippen LogP contribution is -2.36. The highest BCUT2D eigenvalue weighted by molar-refractivity contribution is 9.10. The average Bonchev–Trinajstić information content (AvgIpc) is 3.44. The molecule has 1 aromatic carbocycles. The lowest BCUT2D eigenvalue weighted by Gasteiger charge is -2.23. The van der Waals surface area contributed by atoms with Crippen LogP contribution in [0.25, 0.3) is 10.6 Å². The first-order valence-electron chi connectivity index (χ1n) is 8.88. The van der Waals surface area contributed by atoms with Crippen LogP contribution < -0.4 is 0 Å². The third kappa shape index (κ3) is 4.55. The molecule has 9 heteroatoms. The Morgan fingerprint density at radius 2 is 2.04 bits per heavy atom. The molecule has 1 aliphatic rings. The van der Waals surface area contributed by atoms with Crippen LogP contribution in [0.4, 0.5) is 0 Å². The zero-order valence-electron chi connectivity index (χ0n) is 15.0. The summed E-state index contributed by atoms with van der Waals surface area (Å²) in [5.41, 5.74) is 0.901. The molecule has 0 radical (unpaired) electrons. The standard InChI is InChI=1S/C19H19BrN2O3S3/c20-15-7-5-14(6-8-15)19-21-18(13-27-19)28(23,24)22(11-16-3-1-9-25-16)12-17-4-2-10-26-17/h2,4-8,10,13,16H,1,3,9,11-12H2. The van der Waals surface area contributed by atoms with Gasteiger partial charge in [-0.15, -0.1) is 22.7 Å². The minimum absolute atomic E-state index is 0.0562. The molecular weight excluding hydrogens is 480 g/mol.